The summed E-state index contributed by atoms with van der Waals surface area (Å²) >= 11 is 0. The van der Waals surface area contributed by atoms with Gasteiger partial charge >= 0.3 is 0 Å². The highest BCUT2D eigenvalue weighted by Gasteiger charge is 2.24. The zero-order valence-corrected chi connectivity index (χ0v) is 61.7. The average Bonchev–Trinajstić information content (AvgIpc) is 1.67. The number of hydrogen-bond acceptors (Lipinski definition) is 7. The van der Waals surface area contributed by atoms with Crippen molar-refractivity contribution >= 4 is 87.0 Å². The maximum atomic E-state index is 5.40. The summed E-state index contributed by atoms with van der Waals surface area (Å²) in [7, 11) is 0. The van der Waals surface area contributed by atoms with Gasteiger partial charge < -0.3 is 9.13 Å². The summed E-state index contributed by atoms with van der Waals surface area (Å²) in [6.07, 6.45) is 3.60. The number of fused-ring (bicyclic) bond motifs is 12. The van der Waals surface area contributed by atoms with Crippen molar-refractivity contribution < 1.29 is 0 Å². The summed E-state index contributed by atoms with van der Waals surface area (Å²) in [5.41, 5.74) is 27.5. The molecule has 14 aromatic carbocycles. The van der Waals surface area contributed by atoms with Crippen molar-refractivity contribution in [3.63, 3.8) is 0 Å². The maximum absolute atomic E-state index is 5.40. The second kappa shape index (κ2) is 28.5. The Bertz CT molecular complexity index is 7250. The molecule has 22 rings (SSSR count). The molecule has 0 spiro atoms. The summed E-state index contributed by atoms with van der Waals surface area (Å²) < 4.78 is 4.83. The fraction of sp³-hybridized carbons (Fsp3) is 0. The molecule has 8 heterocycles. The van der Waals surface area contributed by atoms with E-state index in [1.165, 1.54) is 38.1 Å². The maximum Gasteiger partial charge on any atom is 0.160 e. The van der Waals surface area contributed by atoms with Gasteiger partial charge in [0.15, 0.2) is 5.82 Å². The fourth-order valence-corrected chi connectivity index (χ4v) is 16.3. The van der Waals surface area contributed by atoms with Gasteiger partial charge in [-0.3, -0.25) is 9.97 Å². The third-order valence-corrected chi connectivity index (χ3v) is 21.9. The van der Waals surface area contributed by atoms with E-state index in [0.717, 1.165) is 167 Å². The molecule has 0 amide bonds. The van der Waals surface area contributed by atoms with Crippen molar-refractivity contribution in [2.75, 3.05) is 0 Å². The van der Waals surface area contributed by atoms with E-state index in [1.807, 2.05) is 48.5 Å². The summed E-state index contributed by atoms with van der Waals surface area (Å²) in [6.45, 7) is 0. The molecule has 9 nitrogen and oxygen atoms in total. The van der Waals surface area contributed by atoms with E-state index in [4.69, 9.17) is 24.9 Å². The molecule has 0 saturated carbocycles. The molecule has 0 N–H and O–H groups in total. The Kier molecular flexibility index (Phi) is 16.7. The second-order valence-electron chi connectivity index (χ2n) is 28.7. The first-order valence-corrected chi connectivity index (χ1v) is 38.4. The van der Waals surface area contributed by atoms with Crippen molar-refractivity contribution in [3.8, 4) is 124 Å². The molecule has 0 bridgehead atoms. The van der Waals surface area contributed by atoms with Crippen LogP contribution in [0.3, 0.4) is 0 Å². The van der Waals surface area contributed by atoms with Crippen LogP contribution in [-0.4, -0.2) is 44.0 Å². The Morgan fingerprint density at radius 1 is 0.193 bits per heavy atom. The summed E-state index contributed by atoms with van der Waals surface area (Å²) in [5, 5.41) is 11.7. The lowest BCUT2D eigenvalue weighted by Crippen LogP contribution is -1.97. The van der Waals surface area contributed by atoms with Gasteiger partial charge in [-0.15, -0.1) is 0 Å². The van der Waals surface area contributed by atoms with Crippen LogP contribution in [0, 0.1) is 0 Å². The van der Waals surface area contributed by atoms with Gasteiger partial charge in [0.25, 0.3) is 0 Å². The Labute approximate surface area is 657 Å². The average molecular weight is 1450 g/mol. The molecule has 0 aliphatic carbocycles. The van der Waals surface area contributed by atoms with Gasteiger partial charge in [-0.25, -0.2) is 24.9 Å². The predicted octanol–water partition coefficient (Wildman–Crippen LogP) is 26.6. The first-order valence-electron chi connectivity index (χ1n) is 38.4. The third kappa shape index (κ3) is 12.2. The van der Waals surface area contributed by atoms with E-state index < -0.39 is 0 Å². The summed E-state index contributed by atoms with van der Waals surface area (Å²) in [5.74, 6) is 0.665. The van der Waals surface area contributed by atoms with Gasteiger partial charge in [-0.05, 0) is 146 Å². The smallest absolute Gasteiger partial charge is 0.160 e. The minimum absolute atomic E-state index is 0.665. The predicted molar refractivity (Wildman–Crippen MR) is 471 cm³/mol. The van der Waals surface area contributed by atoms with Gasteiger partial charge in [-0.1, -0.05) is 303 Å². The topological polar surface area (TPSA) is 100 Å². The molecular formula is C105H67N9. The van der Waals surface area contributed by atoms with Crippen LogP contribution in [0.25, 0.3) is 211 Å². The molecule has 8 aromatic heterocycles. The molecular weight excluding hydrogens is 1390 g/mol. The van der Waals surface area contributed by atoms with Gasteiger partial charge in [-0.2, -0.15) is 0 Å². The van der Waals surface area contributed by atoms with E-state index in [-0.39, 0.29) is 0 Å². The van der Waals surface area contributed by atoms with Crippen LogP contribution in [0.15, 0.2) is 407 Å². The molecule has 0 aliphatic heterocycles. The molecule has 0 fully saturated rings. The van der Waals surface area contributed by atoms with E-state index in [9.17, 15) is 0 Å². The fourth-order valence-electron chi connectivity index (χ4n) is 16.3. The third-order valence-electron chi connectivity index (χ3n) is 21.9. The molecule has 0 saturated heterocycles. The van der Waals surface area contributed by atoms with E-state index in [0.29, 0.717) is 5.82 Å². The monoisotopic (exact) mass is 1450 g/mol. The molecule has 0 radical (unpaired) electrons. The van der Waals surface area contributed by atoms with Crippen molar-refractivity contribution in [1.29, 1.82) is 0 Å². The molecule has 0 unspecified atom stereocenters. The standard InChI is InChI=1S/C59H38N4.C46H29N5/c1-3-13-39(14-4-1)42-23-27-44(28-24-42)53-38-54(45-29-25-43(26-30-45)40-15-5-2-6-16-40)62-59(61-53)47-33-31-46(32-34-47)57-56-51-20-10-12-22-55(51)63(58(56)50-19-9-11-21-52(50)60-57)49-36-35-41-17-7-8-18-48(41)37-49;1-2-12-33-27-35(24-23-30(33)11-1)51-43-18-6-4-14-37(43)44-45(50-38-15-5-3-13-36(38)46(44)51)32-21-19-31(20-22-32)34-28-41(39-16-7-9-25-47-39)49-42(29-34)40-17-8-10-26-48-40/h1-38H;1-29H. The number of rotatable bonds is 12. The Morgan fingerprint density at radius 3 is 0.982 bits per heavy atom. The van der Waals surface area contributed by atoms with Crippen molar-refractivity contribution in [3.05, 3.63) is 407 Å². The number of benzene rings is 14. The number of hydrogen-bond donors (Lipinski definition) is 0. The SMILES string of the molecule is c1ccc(-c2cc(-c3ccc(-c4nc5ccccc5c5c4c4ccccc4n5-c4ccc5ccccc5c4)cc3)cc(-c3ccccn3)n2)nc1.c1ccc(-c2ccc(-c3cc(-c4ccc(-c5ccccc5)cc4)nc(-c4ccc(-c5nc6ccccc6c6c5c5ccccc5n6-c5ccc6ccccc6c5)cc4)n3)cc2)cc1. The van der Waals surface area contributed by atoms with E-state index >= 15 is 0 Å². The highest BCUT2D eigenvalue weighted by atomic mass is 15.0. The van der Waals surface area contributed by atoms with Gasteiger partial charge in [0.1, 0.15) is 0 Å². The van der Waals surface area contributed by atoms with E-state index in [2.05, 4.69) is 365 Å². The van der Waals surface area contributed by atoms with Crippen LogP contribution in [0.1, 0.15) is 0 Å². The van der Waals surface area contributed by atoms with Crippen molar-refractivity contribution in [2.24, 2.45) is 0 Å². The minimum atomic E-state index is 0.665. The molecule has 532 valence electrons. The number of pyridine rings is 5. The lowest BCUT2D eigenvalue weighted by molar-refractivity contribution is 1.18. The van der Waals surface area contributed by atoms with E-state index in [1.54, 1.807) is 12.4 Å². The van der Waals surface area contributed by atoms with Crippen LogP contribution < -0.4 is 0 Å². The van der Waals surface area contributed by atoms with Crippen LogP contribution in [0.5, 0.6) is 0 Å². The highest BCUT2D eigenvalue weighted by molar-refractivity contribution is 6.24. The second-order valence-corrected chi connectivity index (χ2v) is 28.7. The van der Waals surface area contributed by atoms with Crippen molar-refractivity contribution in [1.82, 2.24) is 44.0 Å². The Balaban J connectivity index is 0.000000146. The molecule has 22 aromatic rings. The largest absolute Gasteiger partial charge is 0.308 e. The number of para-hydroxylation sites is 4. The minimum Gasteiger partial charge on any atom is -0.308 e. The molecule has 0 atom stereocenters. The first-order chi connectivity index (χ1) is 56.5. The molecule has 0 aliphatic rings. The Hall–Kier alpha value is -15.5. The lowest BCUT2D eigenvalue weighted by Gasteiger charge is -2.13. The van der Waals surface area contributed by atoms with Gasteiger partial charge in [0.05, 0.1) is 78.7 Å². The highest BCUT2D eigenvalue weighted by Crippen LogP contribution is 2.45. The number of nitrogens with zero attached hydrogens (tertiary/aromatic N) is 9. The lowest BCUT2D eigenvalue weighted by atomic mass is 9.98. The molecule has 114 heavy (non-hydrogen) atoms. The molecule has 9 heteroatoms. The first kappa shape index (κ1) is 66.7. The zero-order chi connectivity index (χ0) is 75.4. The summed E-state index contributed by atoms with van der Waals surface area (Å²) in [4.78, 5) is 35.4. The van der Waals surface area contributed by atoms with Crippen LogP contribution >= 0.6 is 0 Å². The van der Waals surface area contributed by atoms with Crippen LogP contribution in [-0.2, 0) is 0 Å². The van der Waals surface area contributed by atoms with Gasteiger partial charge in [0.2, 0.25) is 0 Å². The zero-order valence-electron chi connectivity index (χ0n) is 61.7. The van der Waals surface area contributed by atoms with Crippen molar-refractivity contribution in [2.45, 2.75) is 0 Å². The number of aromatic nitrogens is 9. The summed E-state index contributed by atoms with van der Waals surface area (Å²) in [6, 6.07) is 139. The Morgan fingerprint density at radius 2 is 0.544 bits per heavy atom. The normalized spacial score (nSPS) is 11.5. The van der Waals surface area contributed by atoms with Gasteiger partial charge in [0, 0.05) is 83.9 Å². The quantitative estimate of drug-likeness (QED) is 0.120. The van der Waals surface area contributed by atoms with Crippen LogP contribution in [0.2, 0.25) is 0 Å². The van der Waals surface area contributed by atoms with Crippen LogP contribution in [0.4, 0.5) is 0 Å².